The third-order valence-electron chi connectivity index (χ3n) is 2.94. The summed E-state index contributed by atoms with van der Waals surface area (Å²) in [5, 5.41) is 12.0. The van der Waals surface area contributed by atoms with Crippen LogP contribution >= 0.6 is 0 Å². The van der Waals surface area contributed by atoms with Crippen molar-refractivity contribution < 1.29 is 14.3 Å². The Morgan fingerprint density at radius 3 is 2.58 bits per heavy atom. The minimum Gasteiger partial charge on any atom is -0.508 e. The molecule has 1 aromatic rings. The van der Waals surface area contributed by atoms with Crippen LogP contribution < -0.4 is 5.32 Å². The van der Waals surface area contributed by atoms with Crippen molar-refractivity contribution in [2.24, 2.45) is 0 Å². The van der Waals surface area contributed by atoms with E-state index in [9.17, 15) is 14.3 Å². The van der Waals surface area contributed by atoms with E-state index in [2.05, 4.69) is 5.32 Å². The fourth-order valence-corrected chi connectivity index (χ4v) is 1.82. The van der Waals surface area contributed by atoms with Gasteiger partial charge in [-0.25, -0.2) is 4.39 Å². The Labute approximate surface area is 113 Å². The summed E-state index contributed by atoms with van der Waals surface area (Å²) in [7, 11) is 1.76. The van der Waals surface area contributed by atoms with Crippen molar-refractivity contribution in [3.8, 4) is 5.75 Å². The molecule has 0 fully saturated rings. The molecular formula is C14H21FN2O2. The van der Waals surface area contributed by atoms with Gasteiger partial charge < -0.3 is 10.4 Å². The number of benzene rings is 1. The number of carbonyl (C=O) groups excluding carboxylic acids is 1. The van der Waals surface area contributed by atoms with Crippen LogP contribution in [0.25, 0.3) is 0 Å². The molecule has 0 heterocycles. The number of amides is 1. The Hall–Kier alpha value is -1.62. The SMILES string of the molecule is CC(C)NC(=O)CN(C)C(C)c1ccc(O)cc1F. The second-order valence-electron chi connectivity index (χ2n) is 5.02. The molecule has 0 spiro atoms. The van der Waals surface area contributed by atoms with Gasteiger partial charge in [0, 0.05) is 23.7 Å². The molecule has 0 saturated carbocycles. The summed E-state index contributed by atoms with van der Waals surface area (Å²) in [6.07, 6.45) is 0. The van der Waals surface area contributed by atoms with E-state index in [-0.39, 0.29) is 30.3 Å². The summed E-state index contributed by atoms with van der Waals surface area (Å²) >= 11 is 0. The van der Waals surface area contributed by atoms with Gasteiger partial charge in [-0.15, -0.1) is 0 Å². The molecule has 106 valence electrons. The number of rotatable bonds is 5. The first-order chi connectivity index (χ1) is 8.81. The average Bonchev–Trinajstić information content (AvgIpc) is 2.26. The molecule has 0 aliphatic rings. The average molecular weight is 268 g/mol. The van der Waals surface area contributed by atoms with E-state index < -0.39 is 5.82 Å². The Morgan fingerprint density at radius 2 is 2.05 bits per heavy atom. The molecular weight excluding hydrogens is 247 g/mol. The van der Waals surface area contributed by atoms with Crippen LogP contribution in [0.1, 0.15) is 32.4 Å². The highest BCUT2D eigenvalue weighted by molar-refractivity contribution is 5.78. The number of aromatic hydroxyl groups is 1. The number of hydrogen-bond acceptors (Lipinski definition) is 3. The normalized spacial score (nSPS) is 12.8. The van der Waals surface area contributed by atoms with Gasteiger partial charge in [-0.05, 0) is 33.9 Å². The predicted octanol–water partition coefficient (Wildman–Crippen LogP) is 2.05. The van der Waals surface area contributed by atoms with Crippen molar-refractivity contribution in [3.63, 3.8) is 0 Å². The van der Waals surface area contributed by atoms with E-state index in [1.165, 1.54) is 12.1 Å². The first-order valence-corrected chi connectivity index (χ1v) is 6.29. The van der Waals surface area contributed by atoms with Gasteiger partial charge in [-0.1, -0.05) is 6.07 Å². The number of nitrogens with zero attached hydrogens (tertiary/aromatic N) is 1. The van der Waals surface area contributed by atoms with E-state index in [4.69, 9.17) is 0 Å². The maximum Gasteiger partial charge on any atom is 0.234 e. The van der Waals surface area contributed by atoms with E-state index >= 15 is 0 Å². The Balaban J connectivity index is 2.71. The van der Waals surface area contributed by atoms with Gasteiger partial charge in [0.25, 0.3) is 0 Å². The lowest BCUT2D eigenvalue weighted by Crippen LogP contribution is -2.39. The Bertz CT molecular complexity index is 449. The first-order valence-electron chi connectivity index (χ1n) is 6.29. The molecule has 0 saturated heterocycles. The van der Waals surface area contributed by atoms with Crippen LogP contribution in [0, 0.1) is 5.82 Å². The van der Waals surface area contributed by atoms with Crippen molar-refractivity contribution >= 4 is 5.91 Å². The van der Waals surface area contributed by atoms with Crippen molar-refractivity contribution in [2.45, 2.75) is 32.9 Å². The standard InChI is InChI=1S/C14H21FN2O2/c1-9(2)16-14(19)8-17(4)10(3)12-6-5-11(18)7-13(12)15/h5-7,9-10,18H,8H2,1-4H3,(H,16,19). The highest BCUT2D eigenvalue weighted by Crippen LogP contribution is 2.24. The molecule has 0 aliphatic heterocycles. The number of hydrogen-bond donors (Lipinski definition) is 2. The van der Waals surface area contributed by atoms with Crippen LogP contribution in [0.3, 0.4) is 0 Å². The van der Waals surface area contributed by atoms with Crippen molar-refractivity contribution in [1.82, 2.24) is 10.2 Å². The van der Waals surface area contributed by atoms with Crippen LogP contribution in [0.15, 0.2) is 18.2 Å². The number of phenolic OH excluding ortho intramolecular Hbond substituents is 1. The Morgan fingerprint density at radius 1 is 1.42 bits per heavy atom. The topological polar surface area (TPSA) is 52.6 Å². The van der Waals surface area contributed by atoms with E-state index in [0.717, 1.165) is 6.07 Å². The van der Waals surface area contributed by atoms with Crippen LogP contribution in [0.4, 0.5) is 4.39 Å². The van der Waals surface area contributed by atoms with E-state index in [1.807, 2.05) is 20.8 Å². The number of carbonyl (C=O) groups is 1. The molecule has 1 aromatic carbocycles. The van der Waals surface area contributed by atoms with Crippen molar-refractivity contribution in [2.75, 3.05) is 13.6 Å². The van der Waals surface area contributed by atoms with Gasteiger partial charge in [0.1, 0.15) is 11.6 Å². The number of nitrogens with one attached hydrogen (secondary N) is 1. The molecule has 2 N–H and O–H groups in total. The predicted molar refractivity (Wildman–Crippen MR) is 72.4 cm³/mol. The third kappa shape index (κ3) is 4.52. The summed E-state index contributed by atoms with van der Waals surface area (Å²) < 4.78 is 13.7. The quantitative estimate of drug-likeness (QED) is 0.859. The zero-order valence-corrected chi connectivity index (χ0v) is 11.8. The molecule has 5 heteroatoms. The smallest absolute Gasteiger partial charge is 0.234 e. The minimum absolute atomic E-state index is 0.0848. The second kappa shape index (κ2) is 6.52. The highest BCUT2D eigenvalue weighted by atomic mass is 19.1. The Kier molecular flexibility index (Phi) is 5.30. The lowest BCUT2D eigenvalue weighted by molar-refractivity contribution is -0.122. The number of halogens is 1. The van der Waals surface area contributed by atoms with Crippen LogP contribution in [0.2, 0.25) is 0 Å². The second-order valence-corrected chi connectivity index (χ2v) is 5.02. The highest BCUT2D eigenvalue weighted by Gasteiger charge is 2.18. The molecule has 0 aliphatic carbocycles. The minimum atomic E-state index is -0.469. The monoisotopic (exact) mass is 268 g/mol. The number of phenols is 1. The molecule has 19 heavy (non-hydrogen) atoms. The molecule has 1 rings (SSSR count). The maximum atomic E-state index is 13.7. The van der Waals surface area contributed by atoms with Gasteiger partial charge in [0.15, 0.2) is 0 Å². The van der Waals surface area contributed by atoms with Gasteiger partial charge in [0.2, 0.25) is 5.91 Å². The first kappa shape index (κ1) is 15.4. The fraction of sp³-hybridized carbons (Fsp3) is 0.500. The molecule has 4 nitrogen and oxygen atoms in total. The molecule has 0 radical (unpaired) electrons. The van der Waals surface area contributed by atoms with Gasteiger partial charge in [-0.3, -0.25) is 9.69 Å². The summed E-state index contributed by atoms with van der Waals surface area (Å²) in [4.78, 5) is 13.4. The van der Waals surface area contributed by atoms with Gasteiger partial charge in [-0.2, -0.15) is 0 Å². The molecule has 1 atom stereocenters. The third-order valence-corrected chi connectivity index (χ3v) is 2.94. The largest absolute Gasteiger partial charge is 0.508 e. The van der Waals surface area contributed by atoms with Gasteiger partial charge in [0.05, 0.1) is 6.54 Å². The summed E-state index contributed by atoms with van der Waals surface area (Å²) in [5.41, 5.74) is 0.456. The maximum absolute atomic E-state index is 13.7. The zero-order chi connectivity index (χ0) is 14.6. The van der Waals surface area contributed by atoms with Crippen LogP contribution in [-0.4, -0.2) is 35.5 Å². The van der Waals surface area contributed by atoms with E-state index in [0.29, 0.717) is 5.56 Å². The summed E-state index contributed by atoms with van der Waals surface area (Å²) in [6.45, 7) is 5.79. The molecule has 0 aromatic heterocycles. The van der Waals surface area contributed by atoms with E-state index in [1.54, 1.807) is 11.9 Å². The molecule has 1 unspecified atom stereocenters. The molecule has 0 bridgehead atoms. The zero-order valence-electron chi connectivity index (χ0n) is 11.8. The summed E-state index contributed by atoms with van der Waals surface area (Å²) in [5.74, 6) is -0.666. The molecule has 1 amide bonds. The van der Waals surface area contributed by atoms with Crippen molar-refractivity contribution in [3.05, 3.63) is 29.6 Å². The van der Waals surface area contributed by atoms with Crippen LogP contribution in [0.5, 0.6) is 5.75 Å². The fourth-order valence-electron chi connectivity index (χ4n) is 1.82. The van der Waals surface area contributed by atoms with Crippen LogP contribution in [-0.2, 0) is 4.79 Å². The number of likely N-dealkylation sites (N-methyl/N-ethyl adjacent to an activating group) is 1. The summed E-state index contributed by atoms with van der Waals surface area (Å²) in [6, 6.07) is 3.89. The lowest BCUT2D eigenvalue weighted by Gasteiger charge is -2.25. The van der Waals surface area contributed by atoms with Crippen molar-refractivity contribution in [1.29, 1.82) is 0 Å². The lowest BCUT2D eigenvalue weighted by atomic mass is 10.1. The van der Waals surface area contributed by atoms with Gasteiger partial charge >= 0.3 is 0 Å².